The third-order valence-corrected chi connectivity index (χ3v) is 3.68. The Balaban J connectivity index is 0.00000338. The average Bonchev–Trinajstić information content (AvgIpc) is 3.08. The molecule has 0 amide bonds. The number of aliphatic imine (C=N–C) groups is 1. The van der Waals surface area contributed by atoms with Crippen molar-refractivity contribution in [3.05, 3.63) is 42.0 Å². The molecule has 1 aromatic heterocycles. The lowest BCUT2D eigenvalue weighted by Crippen LogP contribution is -2.38. The van der Waals surface area contributed by atoms with Gasteiger partial charge in [-0.25, -0.2) is 4.99 Å². The molecular formula is C18H29IN6O. The predicted octanol–water partition coefficient (Wildman–Crippen LogP) is 2.61. The molecule has 2 N–H and O–H groups in total. The number of para-hydroxylation sites is 1. The second-order valence-electron chi connectivity index (χ2n) is 5.46. The van der Waals surface area contributed by atoms with E-state index in [-0.39, 0.29) is 24.0 Å². The van der Waals surface area contributed by atoms with E-state index in [1.165, 1.54) is 0 Å². The van der Waals surface area contributed by atoms with Crippen LogP contribution in [0.15, 0.2) is 35.6 Å². The quantitative estimate of drug-likeness (QED) is 0.334. The Morgan fingerprint density at radius 2 is 2.00 bits per heavy atom. The Kier molecular flexibility index (Phi) is 10.7. The first-order valence-electron chi connectivity index (χ1n) is 8.88. The molecule has 1 heterocycles. The van der Waals surface area contributed by atoms with Gasteiger partial charge in [0.05, 0.1) is 13.2 Å². The summed E-state index contributed by atoms with van der Waals surface area (Å²) in [5, 5.41) is 14.7. The second kappa shape index (κ2) is 12.5. The van der Waals surface area contributed by atoms with Crippen molar-refractivity contribution in [3.63, 3.8) is 0 Å². The van der Waals surface area contributed by atoms with E-state index in [9.17, 15) is 0 Å². The maximum atomic E-state index is 5.66. The van der Waals surface area contributed by atoms with Gasteiger partial charge in [-0.05, 0) is 19.9 Å². The molecule has 7 nitrogen and oxygen atoms in total. The van der Waals surface area contributed by atoms with Crippen molar-refractivity contribution >= 4 is 29.9 Å². The standard InChI is InChI=1S/C18H28N6O.HI/c1-4-17-23-22-14-24(17)12-11-20-18(19-5-2)21-13-15-9-7-8-10-16(15)25-6-3;/h7-10,14H,4-6,11-13H2,1-3H3,(H2,19,20,21);1H. The number of rotatable bonds is 9. The smallest absolute Gasteiger partial charge is 0.191 e. The van der Waals surface area contributed by atoms with Gasteiger partial charge in [0.25, 0.3) is 0 Å². The van der Waals surface area contributed by atoms with Crippen molar-refractivity contribution in [1.29, 1.82) is 0 Å². The number of nitrogens with one attached hydrogen (secondary N) is 2. The van der Waals surface area contributed by atoms with Gasteiger partial charge in [-0.2, -0.15) is 0 Å². The largest absolute Gasteiger partial charge is 0.494 e. The summed E-state index contributed by atoms with van der Waals surface area (Å²) < 4.78 is 7.71. The fourth-order valence-corrected chi connectivity index (χ4v) is 2.47. The van der Waals surface area contributed by atoms with Gasteiger partial charge in [0.1, 0.15) is 17.9 Å². The first-order chi connectivity index (χ1) is 12.3. The number of aromatic nitrogens is 3. The van der Waals surface area contributed by atoms with Crippen molar-refractivity contribution in [1.82, 2.24) is 25.4 Å². The van der Waals surface area contributed by atoms with Crippen molar-refractivity contribution in [2.45, 2.75) is 40.3 Å². The van der Waals surface area contributed by atoms with Gasteiger partial charge < -0.3 is 19.9 Å². The molecule has 8 heteroatoms. The highest BCUT2D eigenvalue weighted by molar-refractivity contribution is 14.0. The number of ether oxygens (including phenoxy) is 1. The van der Waals surface area contributed by atoms with E-state index in [2.05, 4.69) is 44.2 Å². The maximum Gasteiger partial charge on any atom is 0.191 e. The molecule has 26 heavy (non-hydrogen) atoms. The summed E-state index contributed by atoms with van der Waals surface area (Å²) >= 11 is 0. The molecule has 0 saturated heterocycles. The Morgan fingerprint density at radius 3 is 2.73 bits per heavy atom. The van der Waals surface area contributed by atoms with Crippen molar-refractivity contribution in [2.75, 3.05) is 19.7 Å². The first-order valence-corrected chi connectivity index (χ1v) is 8.88. The molecule has 2 aromatic rings. The van der Waals surface area contributed by atoms with Gasteiger partial charge in [0, 0.05) is 31.6 Å². The van der Waals surface area contributed by atoms with E-state index in [0.29, 0.717) is 13.2 Å². The summed E-state index contributed by atoms with van der Waals surface area (Å²) in [5.41, 5.74) is 1.08. The number of benzene rings is 1. The van der Waals surface area contributed by atoms with Crippen LogP contribution in [0.25, 0.3) is 0 Å². The summed E-state index contributed by atoms with van der Waals surface area (Å²) in [7, 11) is 0. The Labute approximate surface area is 172 Å². The summed E-state index contributed by atoms with van der Waals surface area (Å²) in [6.45, 7) is 9.71. The minimum Gasteiger partial charge on any atom is -0.494 e. The van der Waals surface area contributed by atoms with Gasteiger partial charge in [-0.1, -0.05) is 25.1 Å². The van der Waals surface area contributed by atoms with E-state index in [1.54, 1.807) is 6.33 Å². The maximum absolute atomic E-state index is 5.66. The van der Waals surface area contributed by atoms with E-state index < -0.39 is 0 Å². The molecular weight excluding hydrogens is 443 g/mol. The molecule has 0 saturated carbocycles. The Hall–Kier alpha value is -1.84. The van der Waals surface area contributed by atoms with Gasteiger partial charge in [-0.15, -0.1) is 34.2 Å². The normalized spacial score (nSPS) is 11.0. The highest BCUT2D eigenvalue weighted by Crippen LogP contribution is 2.18. The number of nitrogens with zero attached hydrogens (tertiary/aromatic N) is 4. The number of aryl methyl sites for hydroxylation is 1. The third kappa shape index (κ3) is 6.81. The number of halogens is 1. The molecule has 0 aliphatic rings. The minimum absolute atomic E-state index is 0. The fraction of sp³-hybridized carbons (Fsp3) is 0.500. The Bertz CT molecular complexity index is 673. The van der Waals surface area contributed by atoms with Crippen LogP contribution in [0.1, 0.15) is 32.2 Å². The lowest BCUT2D eigenvalue weighted by Gasteiger charge is -2.13. The van der Waals surface area contributed by atoms with Gasteiger partial charge in [0.15, 0.2) is 5.96 Å². The van der Waals surface area contributed by atoms with Gasteiger partial charge in [-0.3, -0.25) is 0 Å². The monoisotopic (exact) mass is 472 g/mol. The zero-order chi connectivity index (χ0) is 17.9. The van der Waals surface area contributed by atoms with Crippen LogP contribution >= 0.6 is 24.0 Å². The third-order valence-electron chi connectivity index (χ3n) is 3.68. The van der Waals surface area contributed by atoms with Crippen LogP contribution in [0.3, 0.4) is 0 Å². The Morgan fingerprint density at radius 1 is 1.19 bits per heavy atom. The molecule has 0 radical (unpaired) electrons. The lowest BCUT2D eigenvalue weighted by atomic mass is 10.2. The average molecular weight is 472 g/mol. The SMILES string of the molecule is CCNC(=NCc1ccccc1OCC)NCCn1cnnc1CC.I. The second-order valence-corrected chi connectivity index (χ2v) is 5.46. The highest BCUT2D eigenvalue weighted by Gasteiger charge is 2.04. The molecule has 0 bridgehead atoms. The molecule has 0 fully saturated rings. The predicted molar refractivity (Wildman–Crippen MR) is 115 cm³/mol. The number of guanidine groups is 1. The summed E-state index contributed by atoms with van der Waals surface area (Å²) in [6, 6.07) is 8.01. The summed E-state index contributed by atoms with van der Waals surface area (Å²) in [4.78, 5) is 4.66. The van der Waals surface area contributed by atoms with E-state index in [1.807, 2.05) is 31.2 Å². The lowest BCUT2D eigenvalue weighted by molar-refractivity contribution is 0.336. The molecule has 0 atom stereocenters. The van der Waals surface area contributed by atoms with E-state index >= 15 is 0 Å². The zero-order valence-electron chi connectivity index (χ0n) is 15.7. The van der Waals surface area contributed by atoms with Crippen LogP contribution in [0.5, 0.6) is 5.75 Å². The van der Waals surface area contributed by atoms with Gasteiger partial charge >= 0.3 is 0 Å². The molecule has 144 valence electrons. The van der Waals surface area contributed by atoms with Crippen molar-refractivity contribution < 1.29 is 4.74 Å². The van der Waals surface area contributed by atoms with Crippen LogP contribution in [0.2, 0.25) is 0 Å². The summed E-state index contributed by atoms with van der Waals surface area (Å²) in [6.07, 6.45) is 2.64. The van der Waals surface area contributed by atoms with Gasteiger partial charge in [0.2, 0.25) is 0 Å². The molecule has 0 aliphatic heterocycles. The molecule has 0 unspecified atom stereocenters. The molecule has 0 aliphatic carbocycles. The highest BCUT2D eigenvalue weighted by atomic mass is 127. The van der Waals surface area contributed by atoms with Crippen LogP contribution in [-0.2, 0) is 19.5 Å². The molecule has 2 rings (SSSR count). The van der Waals surface area contributed by atoms with Crippen LogP contribution in [-0.4, -0.2) is 40.4 Å². The van der Waals surface area contributed by atoms with E-state index in [0.717, 1.165) is 49.2 Å². The van der Waals surface area contributed by atoms with Crippen molar-refractivity contribution in [2.24, 2.45) is 4.99 Å². The topological polar surface area (TPSA) is 76.4 Å². The zero-order valence-corrected chi connectivity index (χ0v) is 18.1. The van der Waals surface area contributed by atoms with E-state index in [4.69, 9.17) is 4.74 Å². The van der Waals surface area contributed by atoms with Crippen LogP contribution in [0, 0.1) is 0 Å². The first kappa shape index (κ1) is 22.2. The number of hydrogen-bond donors (Lipinski definition) is 2. The van der Waals surface area contributed by atoms with Crippen LogP contribution < -0.4 is 15.4 Å². The van der Waals surface area contributed by atoms with Crippen molar-refractivity contribution in [3.8, 4) is 5.75 Å². The minimum atomic E-state index is 0. The van der Waals surface area contributed by atoms with Crippen LogP contribution in [0.4, 0.5) is 0 Å². The number of hydrogen-bond acceptors (Lipinski definition) is 4. The molecule has 0 spiro atoms. The summed E-state index contributed by atoms with van der Waals surface area (Å²) in [5.74, 6) is 2.68. The molecule has 1 aromatic carbocycles. The fourth-order valence-electron chi connectivity index (χ4n) is 2.47.